The van der Waals surface area contributed by atoms with Crippen molar-refractivity contribution < 1.29 is 19.6 Å². The third-order valence-electron chi connectivity index (χ3n) is 3.91. The first-order valence-electron chi connectivity index (χ1n) is 7.98. The molecule has 1 atom stereocenters. The SMILES string of the molecule is COc1ccc([C@@H](C)[NH2+]CC(=O)Nc2cccc(C(C)=O)c2)cc1Br. The van der Waals surface area contributed by atoms with E-state index < -0.39 is 0 Å². The normalized spacial score (nSPS) is 11.7. The number of amides is 1. The lowest BCUT2D eigenvalue weighted by molar-refractivity contribution is -0.682. The van der Waals surface area contributed by atoms with Crippen molar-refractivity contribution in [2.75, 3.05) is 19.0 Å². The van der Waals surface area contributed by atoms with E-state index in [4.69, 9.17) is 4.74 Å². The second-order valence-corrected chi connectivity index (χ2v) is 6.66. The van der Waals surface area contributed by atoms with Crippen LogP contribution in [-0.2, 0) is 4.79 Å². The molecule has 2 aromatic carbocycles. The van der Waals surface area contributed by atoms with E-state index in [1.54, 1.807) is 31.4 Å². The Kier molecular flexibility index (Phi) is 6.73. The summed E-state index contributed by atoms with van der Waals surface area (Å²) in [5, 5.41) is 4.78. The fraction of sp³-hybridized carbons (Fsp3) is 0.263. The number of nitrogens with two attached hydrogens (primary N) is 1. The Labute approximate surface area is 155 Å². The van der Waals surface area contributed by atoms with Crippen LogP contribution in [0.1, 0.15) is 35.8 Å². The Morgan fingerprint density at radius 1 is 1.24 bits per heavy atom. The number of Topliss-reactive ketones (excluding diaryl/α,β-unsaturated/α-hetero) is 1. The van der Waals surface area contributed by atoms with Crippen LogP contribution in [-0.4, -0.2) is 25.3 Å². The highest BCUT2D eigenvalue weighted by Crippen LogP contribution is 2.27. The number of quaternary nitrogens is 1. The Balaban J connectivity index is 1.92. The summed E-state index contributed by atoms with van der Waals surface area (Å²) in [5.74, 6) is 0.639. The molecule has 0 aliphatic heterocycles. The molecule has 2 rings (SSSR count). The molecule has 5 nitrogen and oxygen atoms in total. The highest BCUT2D eigenvalue weighted by molar-refractivity contribution is 9.10. The number of nitrogens with one attached hydrogen (secondary N) is 1. The van der Waals surface area contributed by atoms with Crippen LogP contribution in [0.3, 0.4) is 0 Å². The summed E-state index contributed by atoms with van der Waals surface area (Å²) in [5.41, 5.74) is 2.31. The maximum absolute atomic E-state index is 12.1. The molecule has 132 valence electrons. The molecule has 2 aromatic rings. The lowest BCUT2D eigenvalue weighted by Gasteiger charge is -2.13. The molecule has 0 aliphatic carbocycles. The van der Waals surface area contributed by atoms with Crippen LogP contribution in [0.5, 0.6) is 5.75 Å². The Morgan fingerprint density at radius 2 is 2.00 bits per heavy atom. The van der Waals surface area contributed by atoms with E-state index in [9.17, 15) is 9.59 Å². The van der Waals surface area contributed by atoms with Crippen molar-refractivity contribution in [3.05, 3.63) is 58.1 Å². The number of benzene rings is 2. The quantitative estimate of drug-likeness (QED) is 0.695. The summed E-state index contributed by atoms with van der Waals surface area (Å²) in [6.45, 7) is 3.83. The average Bonchev–Trinajstić information content (AvgIpc) is 2.59. The minimum Gasteiger partial charge on any atom is -0.496 e. The molecule has 0 saturated carbocycles. The van der Waals surface area contributed by atoms with Gasteiger partial charge in [0.1, 0.15) is 11.8 Å². The molecule has 0 aliphatic rings. The summed E-state index contributed by atoms with van der Waals surface area (Å²) >= 11 is 3.47. The van der Waals surface area contributed by atoms with Gasteiger partial charge in [0.15, 0.2) is 12.3 Å². The molecule has 0 unspecified atom stereocenters. The van der Waals surface area contributed by atoms with Gasteiger partial charge in [-0.15, -0.1) is 0 Å². The largest absolute Gasteiger partial charge is 0.496 e. The van der Waals surface area contributed by atoms with Gasteiger partial charge in [0.25, 0.3) is 5.91 Å². The lowest BCUT2D eigenvalue weighted by atomic mass is 10.1. The predicted octanol–water partition coefficient (Wildman–Crippen LogP) is 2.92. The van der Waals surface area contributed by atoms with Gasteiger partial charge in [-0.25, -0.2) is 0 Å². The fourth-order valence-electron chi connectivity index (χ4n) is 2.41. The average molecular weight is 406 g/mol. The second-order valence-electron chi connectivity index (χ2n) is 5.81. The van der Waals surface area contributed by atoms with Crippen LogP contribution in [0.4, 0.5) is 5.69 Å². The van der Waals surface area contributed by atoms with Crippen LogP contribution in [0, 0.1) is 0 Å². The van der Waals surface area contributed by atoms with Crippen LogP contribution in [0.2, 0.25) is 0 Å². The van der Waals surface area contributed by atoms with E-state index in [0.717, 1.165) is 15.8 Å². The minimum atomic E-state index is -0.111. The molecule has 0 aromatic heterocycles. The molecule has 0 radical (unpaired) electrons. The van der Waals surface area contributed by atoms with Crippen molar-refractivity contribution in [1.82, 2.24) is 0 Å². The number of anilines is 1. The number of ether oxygens (including phenoxy) is 1. The third kappa shape index (κ3) is 5.41. The number of hydrogen-bond donors (Lipinski definition) is 2. The summed E-state index contributed by atoms with van der Waals surface area (Å²) < 4.78 is 6.11. The first-order valence-corrected chi connectivity index (χ1v) is 8.77. The topological polar surface area (TPSA) is 72.0 Å². The van der Waals surface area contributed by atoms with E-state index in [-0.39, 0.29) is 24.3 Å². The number of carbonyl (C=O) groups is 2. The van der Waals surface area contributed by atoms with Crippen molar-refractivity contribution in [2.45, 2.75) is 19.9 Å². The summed E-state index contributed by atoms with van der Waals surface area (Å²) in [4.78, 5) is 23.5. The van der Waals surface area contributed by atoms with Crippen molar-refractivity contribution in [1.29, 1.82) is 0 Å². The number of ketones is 1. The van der Waals surface area contributed by atoms with Crippen molar-refractivity contribution in [3.63, 3.8) is 0 Å². The number of methoxy groups -OCH3 is 1. The van der Waals surface area contributed by atoms with Gasteiger partial charge < -0.3 is 15.4 Å². The smallest absolute Gasteiger partial charge is 0.279 e. The molecule has 0 fully saturated rings. The van der Waals surface area contributed by atoms with Gasteiger partial charge in [0.05, 0.1) is 11.6 Å². The molecular formula is C19H22BrN2O3+. The van der Waals surface area contributed by atoms with Gasteiger partial charge in [-0.3, -0.25) is 9.59 Å². The predicted molar refractivity (Wildman–Crippen MR) is 101 cm³/mol. The molecule has 3 N–H and O–H groups in total. The van der Waals surface area contributed by atoms with Gasteiger partial charge in [-0.05, 0) is 60.1 Å². The lowest BCUT2D eigenvalue weighted by Crippen LogP contribution is -2.86. The zero-order chi connectivity index (χ0) is 18.4. The van der Waals surface area contributed by atoms with E-state index in [1.165, 1.54) is 6.92 Å². The molecule has 0 spiro atoms. The molecule has 1 amide bonds. The molecule has 25 heavy (non-hydrogen) atoms. The summed E-state index contributed by atoms with van der Waals surface area (Å²) in [6, 6.07) is 12.9. The first kappa shape index (κ1) is 19.1. The number of halogens is 1. The Hall–Kier alpha value is -2.18. The van der Waals surface area contributed by atoms with E-state index in [1.807, 2.05) is 30.4 Å². The van der Waals surface area contributed by atoms with Crippen molar-refractivity contribution >= 4 is 33.3 Å². The van der Waals surface area contributed by atoms with Gasteiger partial charge in [0, 0.05) is 16.8 Å². The van der Waals surface area contributed by atoms with Gasteiger partial charge >= 0.3 is 0 Å². The fourth-order valence-corrected chi connectivity index (χ4v) is 2.97. The van der Waals surface area contributed by atoms with E-state index in [2.05, 4.69) is 21.2 Å². The molecule has 6 heteroatoms. The molecule has 0 saturated heterocycles. The second kappa shape index (κ2) is 8.78. The van der Waals surface area contributed by atoms with Gasteiger partial charge in [0.2, 0.25) is 0 Å². The maximum atomic E-state index is 12.1. The third-order valence-corrected chi connectivity index (χ3v) is 4.53. The Morgan fingerprint density at radius 3 is 2.64 bits per heavy atom. The number of carbonyl (C=O) groups excluding carboxylic acids is 2. The summed E-state index contributed by atoms with van der Waals surface area (Å²) in [7, 11) is 1.63. The van der Waals surface area contributed by atoms with Crippen LogP contribution >= 0.6 is 15.9 Å². The molecular weight excluding hydrogens is 384 g/mol. The first-order chi connectivity index (χ1) is 11.9. The van der Waals surface area contributed by atoms with E-state index in [0.29, 0.717) is 11.3 Å². The zero-order valence-corrected chi connectivity index (χ0v) is 16.1. The Bertz CT molecular complexity index is 777. The maximum Gasteiger partial charge on any atom is 0.279 e. The monoisotopic (exact) mass is 405 g/mol. The highest BCUT2D eigenvalue weighted by Gasteiger charge is 2.13. The molecule has 0 heterocycles. The van der Waals surface area contributed by atoms with Crippen molar-refractivity contribution in [3.8, 4) is 5.75 Å². The summed E-state index contributed by atoms with van der Waals surface area (Å²) in [6.07, 6.45) is 0. The number of hydrogen-bond acceptors (Lipinski definition) is 3. The minimum absolute atomic E-state index is 0.0265. The highest BCUT2D eigenvalue weighted by atomic mass is 79.9. The van der Waals surface area contributed by atoms with Crippen LogP contribution < -0.4 is 15.4 Å². The van der Waals surface area contributed by atoms with Gasteiger partial charge in [-0.1, -0.05) is 12.1 Å². The zero-order valence-electron chi connectivity index (χ0n) is 14.5. The van der Waals surface area contributed by atoms with Gasteiger partial charge in [-0.2, -0.15) is 0 Å². The standard InChI is InChI=1S/C19H21BrN2O3/c1-12(14-7-8-18(25-3)17(20)10-14)21-11-19(24)22-16-6-4-5-15(9-16)13(2)23/h4-10,12,21H,11H2,1-3H3,(H,22,24)/p+1/t12-/m1/s1. The van der Waals surface area contributed by atoms with Crippen LogP contribution in [0.25, 0.3) is 0 Å². The van der Waals surface area contributed by atoms with Crippen LogP contribution in [0.15, 0.2) is 46.9 Å². The number of rotatable bonds is 7. The molecule has 0 bridgehead atoms. The van der Waals surface area contributed by atoms with E-state index >= 15 is 0 Å². The van der Waals surface area contributed by atoms with Crippen molar-refractivity contribution in [2.24, 2.45) is 0 Å².